The second-order valence-electron chi connectivity index (χ2n) is 11.2. The van der Waals surface area contributed by atoms with Crippen molar-refractivity contribution >= 4 is 16.9 Å². The van der Waals surface area contributed by atoms with Crippen LogP contribution >= 0.6 is 0 Å². The van der Waals surface area contributed by atoms with Crippen LogP contribution in [0.5, 0.6) is 0 Å². The average molecular weight is 628 g/mol. The lowest BCUT2D eigenvalue weighted by Gasteiger charge is -2.23. The van der Waals surface area contributed by atoms with Crippen molar-refractivity contribution in [2.75, 3.05) is 13.2 Å². The predicted octanol–water partition coefficient (Wildman–Crippen LogP) is 1.38. The smallest absolute Gasteiger partial charge is 0.341 e. The van der Waals surface area contributed by atoms with Gasteiger partial charge in [0.2, 0.25) is 5.91 Å². The van der Waals surface area contributed by atoms with E-state index in [9.17, 15) is 24.3 Å². The van der Waals surface area contributed by atoms with E-state index in [1.54, 1.807) is 40.9 Å². The molecular weight excluding hydrogens is 594 g/mol. The fourth-order valence-electron chi connectivity index (χ4n) is 5.55. The van der Waals surface area contributed by atoms with Gasteiger partial charge in [0, 0.05) is 36.7 Å². The van der Waals surface area contributed by atoms with E-state index in [1.807, 2.05) is 42.5 Å². The van der Waals surface area contributed by atoms with Gasteiger partial charge in [0.15, 0.2) is 0 Å². The van der Waals surface area contributed by atoms with Gasteiger partial charge in [-0.05, 0) is 24.6 Å². The number of nitrogens with zero attached hydrogens (tertiary/aromatic N) is 5. The Kier molecular flexibility index (Phi) is 9.01. The van der Waals surface area contributed by atoms with Gasteiger partial charge >= 0.3 is 11.3 Å². The highest BCUT2D eigenvalue weighted by molar-refractivity contribution is 5.79. The minimum atomic E-state index is -0.714. The van der Waals surface area contributed by atoms with Crippen LogP contribution in [0.25, 0.3) is 11.0 Å². The zero-order valence-electron chi connectivity index (χ0n) is 25.0. The molecule has 5 aromatic rings. The van der Waals surface area contributed by atoms with Crippen LogP contribution in [0.2, 0.25) is 0 Å². The van der Waals surface area contributed by atoms with E-state index < -0.39 is 35.2 Å². The number of para-hydroxylation sites is 1. The lowest BCUT2D eigenvalue weighted by Crippen LogP contribution is -2.38. The summed E-state index contributed by atoms with van der Waals surface area (Å²) in [6.07, 6.45) is 2.06. The van der Waals surface area contributed by atoms with E-state index in [4.69, 9.17) is 9.15 Å². The quantitative estimate of drug-likeness (QED) is 0.181. The molecule has 0 bridgehead atoms. The topological polar surface area (TPSA) is 178 Å². The lowest BCUT2D eigenvalue weighted by molar-refractivity contribution is -0.131. The zero-order valence-corrected chi connectivity index (χ0v) is 25.0. The first-order chi connectivity index (χ1) is 22.3. The SMILES string of the molecule is Cc1cn([C@H]2C[C@H](n3cc(CNCC(=O)N(Cc4ccccc4)Cc4cc5ccccc5oc4=O)nn3)[C@@H](CO)O2)c(=O)[nH]c1=O. The summed E-state index contributed by atoms with van der Waals surface area (Å²) < 4.78 is 14.3. The van der Waals surface area contributed by atoms with E-state index >= 15 is 0 Å². The van der Waals surface area contributed by atoms with Crippen LogP contribution in [0.4, 0.5) is 0 Å². The number of aromatic amines is 1. The molecule has 1 amide bonds. The molecule has 3 aromatic heterocycles. The Labute approximate surface area is 261 Å². The molecule has 14 heteroatoms. The first kappa shape index (κ1) is 30.8. The van der Waals surface area contributed by atoms with E-state index in [2.05, 4.69) is 20.6 Å². The molecule has 0 unspecified atom stereocenters. The molecule has 1 aliphatic heterocycles. The Hall–Kier alpha value is -5.18. The molecule has 2 aromatic carbocycles. The van der Waals surface area contributed by atoms with Crippen molar-refractivity contribution in [3.63, 3.8) is 0 Å². The third kappa shape index (κ3) is 6.73. The summed E-state index contributed by atoms with van der Waals surface area (Å²) in [5, 5.41) is 22.3. The van der Waals surface area contributed by atoms with Crippen LogP contribution in [-0.4, -0.2) is 59.7 Å². The Morgan fingerprint density at radius 2 is 1.87 bits per heavy atom. The van der Waals surface area contributed by atoms with Gasteiger partial charge < -0.3 is 24.5 Å². The third-order valence-corrected chi connectivity index (χ3v) is 7.96. The molecule has 0 aliphatic carbocycles. The number of aliphatic hydroxyl groups excluding tert-OH is 1. The molecule has 0 saturated carbocycles. The average Bonchev–Trinajstić information content (AvgIpc) is 3.70. The second-order valence-corrected chi connectivity index (χ2v) is 11.2. The normalized spacial score (nSPS) is 17.8. The standard InChI is InChI=1S/C32H33N7O7/c1-20-15-38(32(44)34-30(20)42)29-12-25(27(19-40)45-29)39-18-24(35-36-39)13-33-14-28(41)37(16-21-7-3-2-4-8-21)17-23-11-22-9-5-6-10-26(22)46-31(23)43/h2-11,15,18,25,27,29,33,40H,12-14,16-17,19H2,1H3,(H,34,42,44)/t25-,27+,29+/m0/s1. The van der Waals surface area contributed by atoms with Gasteiger partial charge in [0.25, 0.3) is 5.56 Å². The minimum Gasteiger partial charge on any atom is -0.422 e. The highest BCUT2D eigenvalue weighted by atomic mass is 16.5. The number of H-pyrrole nitrogens is 1. The van der Waals surface area contributed by atoms with Gasteiger partial charge in [-0.15, -0.1) is 5.10 Å². The summed E-state index contributed by atoms with van der Waals surface area (Å²) >= 11 is 0. The first-order valence-electron chi connectivity index (χ1n) is 14.8. The van der Waals surface area contributed by atoms with Crippen molar-refractivity contribution < 1.29 is 19.1 Å². The highest BCUT2D eigenvalue weighted by Crippen LogP contribution is 2.35. The minimum absolute atomic E-state index is 0.0268. The number of hydrogen-bond donors (Lipinski definition) is 3. The van der Waals surface area contributed by atoms with Crippen LogP contribution < -0.4 is 22.2 Å². The maximum Gasteiger partial charge on any atom is 0.341 e. The Balaban J connectivity index is 1.11. The number of aryl methyl sites for hydroxylation is 1. The van der Waals surface area contributed by atoms with Crippen LogP contribution in [0.1, 0.15) is 41.1 Å². The van der Waals surface area contributed by atoms with Crippen LogP contribution in [0, 0.1) is 6.92 Å². The molecular formula is C32H33N7O7. The fraction of sp³-hybridized carbons (Fsp3) is 0.312. The van der Waals surface area contributed by atoms with Gasteiger partial charge in [-0.1, -0.05) is 53.7 Å². The molecule has 238 valence electrons. The maximum absolute atomic E-state index is 13.5. The number of rotatable bonds is 11. The Morgan fingerprint density at radius 3 is 2.67 bits per heavy atom. The largest absolute Gasteiger partial charge is 0.422 e. The summed E-state index contributed by atoms with van der Waals surface area (Å²) in [6.45, 7) is 1.85. The van der Waals surface area contributed by atoms with Gasteiger partial charge in [-0.3, -0.25) is 19.1 Å². The molecule has 46 heavy (non-hydrogen) atoms. The van der Waals surface area contributed by atoms with Crippen molar-refractivity contribution in [3.8, 4) is 0 Å². The molecule has 0 spiro atoms. The Morgan fingerprint density at radius 1 is 1.09 bits per heavy atom. The monoisotopic (exact) mass is 627 g/mol. The summed E-state index contributed by atoms with van der Waals surface area (Å²) in [5.74, 6) is -0.224. The van der Waals surface area contributed by atoms with Crippen molar-refractivity contribution in [2.45, 2.75) is 51.4 Å². The van der Waals surface area contributed by atoms with Crippen molar-refractivity contribution in [1.82, 2.24) is 34.8 Å². The number of carbonyl (C=O) groups is 1. The highest BCUT2D eigenvalue weighted by Gasteiger charge is 2.38. The van der Waals surface area contributed by atoms with Crippen LogP contribution in [-0.2, 0) is 29.2 Å². The van der Waals surface area contributed by atoms with Gasteiger partial charge in [0.1, 0.15) is 17.9 Å². The van der Waals surface area contributed by atoms with Crippen LogP contribution in [0.15, 0.2) is 91.9 Å². The van der Waals surface area contributed by atoms with Crippen LogP contribution in [0.3, 0.4) is 0 Å². The second kappa shape index (κ2) is 13.4. The number of nitrogens with one attached hydrogen (secondary N) is 2. The number of aliphatic hydroxyl groups is 1. The predicted molar refractivity (Wildman–Crippen MR) is 166 cm³/mol. The molecule has 6 rings (SSSR count). The first-order valence-corrected chi connectivity index (χ1v) is 14.8. The van der Waals surface area contributed by atoms with Gasteiger partial charge in [-0.25, -0.2) is 14.3 Å². The number of ether oxygens (including phenoxy) is 1. The number of amides is 1. The van der Waals surface area contributed by atoms with Gasteiger partial charge in [-0.2, -0.15) is 0 Å². The van der Waals surface area contributed by atoms with Crippen molar-refractivity contribution in [2.24, 2.45) is 0 Å². The molecule has 1 saturated heterocycles. The number of carbonyl (C=O) groups excluding carboxylic acids is 1. The fourth-order valence-corrected chi connectivity index (χ4v) is 5.55. The number of fused-ring (bicyclic) bond motifs is 1. The van der Waals surface area contributed by atoms with E-state index in [1.165, 1.54) is 10.8 Å². The van der Waals surface area contributed by atoms with E-state index in [0.29, 0.717) is 35.4 Å². The van der Waals surface area contributed by atoms with E-state index in [-0.39, 0.29) is 32.1 Å². The number of hydrogen-bond acceptors (Lipinski definition) is 10. The molecule has 3 N–H and O–H groups in total. The number of benzene rings is 2. The zero-order chi connectivity index (χ0) is 32.2. The molecule has 14 nitrogen and oxygen atoms in total. The molecule has 4 heterocycles. The lowest BCUT2D eigenvalue weighted by atomic mass is 10.1. The number of aromatic nitrogens is 5. The third-order valence-electron chi connectivity index (χ3n) is 7.96. The van der Waals surface area contributed by atoms with Gasteiger partial charge in [0.05, 0.1) is 43.2 Å². The summed E-state index contributed by atoms with van der Waals surface area (Å²) in [6, 6.07) is 18.1. The molecule has 0 radical (unpaired) electrons. The summed E-state index contributed by atoms with van der Waals surface area (Å²) in [5.41, 5.74) is 1.12. The van der Waals surface area contributed by atoms with E-state index in [0.717, 1.165) is 10.9 Å². The summed E-state index contributed by atoms with van der Waals surface area (Å²) in [7, 11) is 0. The molecule has 1 aliphatic rings. The van der Waals surface area contributed by atoms with Crippen molar-refractivity contribution in [1.29, 1.82) is 0 Å². The molecule has 3 atom stereocenters. The summed E-state index contributed by atoms with van der Waals surface area (Å²) in [4.78, 5) is 54.2. The maximum atomic E-state index is 13.5. The Bertz CT molecular complexity index is 2020. The van der Waals surface area contributed by atoms with Crippen molar-refractivity contribution in [3.05, 3.63) is 127 Å². The molecule has 1 fully saturated rings.